The van der Waals surface area contributed by atoms with Gasteiger partial charge < -0.3 is 28.1 Å². The molecule has 0 saturated carbocycles. The van der Waals surface area contributed by atoms with Gasteiger partial charge in [-0.2, -0.15) is 0 Å². The first-order chi connectivity index (χ1) is 14.7. The molecule has 30 heavy (non-hydrogen) atoms. The van der Waals surface area contributed by atoms with E-state index in [-0.39, 0.29) is 12.6 Å². The van der Waals surface area contributed by atoms with Crippen molar-refractivity contribution in [3.8, 4) is 0 Å². The Bertz CT molecular complexity index is 715. The van der Waals surface area contributed by atoms with Crippen LogP contribution in [-0.4, -0.2) is 58.1 Å². The lowest BCUT2D eigenvalue weighted by Crippen LogP contribution is -2.24. The fourth-order valence-electron chi connectivity index (χ4n) is 3.18. The summed E-state index contributed by atoms with van der Waals surface area (Å²) in [5.74, 6) is 0. The van der Waals surface area contributed by atoms with Crippen molar-refractivity contribution in [2.24, 2.45) is 0 Å². The van der Waals surface area contributed by atoms with E-state index in [2.05, 4.69) is 59.7 Å². The zero-order chi connectivity index (χ0) is 21.0. The van der Waals surface area contributed by atoms with E-state index < -0.39 is 0 Å². The summed E-state index contributed by atoms with van der Waals surface area (Å²) < 4.78 is 28.5. The Hall–Kier alpha value is -0.280. The maximum atomic E-state index is 5.64. The molecular weight excluding hydrogens is 614 g/mol. The number of rotatable bonds is 8. The highest BCUT2D eigenvalue weighted by molar-refractivity contribution is 14.1. The van der Waals surface area contributed by atoms with Crippen molar-refractivity contribution in [2.45, 2.75) is 64.2 Å². The molecule has 2 aromatic rings. The summed E-state index contributed by atoms with van der Waals surface area (Å²) in [5.41, 5.74) is 0. The van der Waals surface area contributed by atoms with Crippen LogP contribution < -0.4 is 0 Å². The predicted molar refractivity (Wildman–Crippen MR) is 129 cm³/mol. The van der Waals surface area contributed by atoms with Gasteiger partial charge in [-0.3, -0.25) is 0 Å². The third kappa shape index (κ3) is 9.07. The lowest BCUT2D eigenvalue weighted by atomic mass is 10.2. The van der Waals surface area contributed by atoms with E-state index in [9.17, 15) is 0 Å². The van der Waals surface area contributed by atoms with Crippen LogP contribution in [0.5, 0.6) is 0 Å². The van der Waals surface area contributed by atoms with Crippen LogP contribution in [0.2, 0.25) is 0 Å². The van der Waals surface area contributed by atoms with Gasteiger partial charge in [0.15, 0.2) is 12.6 Å². The Kier molecular flexibility index (Phi) is 11.4. The van der Waals surface area contributed by atoms with Crippen molar-refractivity contribution < 1.29 is 18.9 Å². The average molecular weight is 644 g/mol. The van der Waals surface area contributed by atoms with E-state index in [0.717, 1.165) is 46.5 Å². The molecule has 8 nitrogen and oxygen atoms in total. The van der Waals surface area contributed by atoms with E-state index in [1.54, 1.807) is 0 Å². The van der Waals surface area contributed by atoms with Crippen LogP contribution >= 0.6 is 45.2 Å². The minimum Gasteiger partial charge on any atom is -0.353 e. The van der Waals surface area contributed by atoms with E-state index in [1.807, 2.05) is 29.6 Å². The monoisotopic (exact) mass is 644 g/mol. The topological polar surface area (TPSA) is 72.6 Å². The van der Waals surface area contributed by atoms with Gasteiger partial charge in [-0.05, 0) is 83.7 Å². The van der Waals surface area contributed by atoms with Crippen LogP contribution in [0, 0.1) is 7.40 Å². The van der Waals surface area contributed by atoms with Crippen LogP contribution in [0.15, 0.2) is 25.0 Å². The van der Waals surface area contributed by atoms with Gasteiger partial charge >= 0.3 is 0 Å². The van der Waals surface area contributed by atoms with Crippen LogP contribution in [0.3, 0.4) is 0 Å². The molecule has 168 valence electrons. The first-order valence-electron chi connectivity index (χ1n) is 10.5. The number of nitrogens with zero attached hydrogens (tertiary/aromatic N) is 4. The molecule has 2 aromatic heterocycles. The molecule has 2 atom stereocenters. The fourth-order valence-corrected chi connectivity index (χ4v) is 4.19. The number of hydrogen-bond acceptors (Lipinski definition) is 6. The molecule has 2 fully saturated rings. The van der Waals surface area contributed by atoms with Crippen LogP contribution in [-0.2, 0) is 32.0 Å². The SMILES string of the molecule is Ic1cn(CCOC2CCCCO2)cn1.Ic1cncn1CCOC1CCCCO1. The highest BCUT2D eigenvalue weighted by Gasteiger charge is 2.14. The lowest BCUT2D eigenvalue weighted by molar-refractivity contribution is -0.163. The van der Waals surface area contributed by atoms with Crippen LogP contribution in [0.25, 0.3) is 0 Å². The molecule has 2 saturated heterocycles. The molecule has 0 aliphatic carbocycles. The van der Waals surface area contributed by atoms with Gasteiger partial charge in [0.05, 0.1) is 35.8 Å². The second-order valence-corrected chi connectivity index (χ2v) is 9.39. The van der Waals surface area contributed by atoms with Gasteiger partial charge in [0, 0.05) is 32.5 Å². The highest BCUT2D eigenvalue weighted by atomic mass is 127. The zero-order valence-corrected chi connectivity index (χ0v) is 21.4. The Labute approximate surface area is 205 Å². The van der Waals surface area contributed by atoms with Crippen molar-refractivity contribution in [3.63, 3.8) is 0 Å². The highest BCUT2D eigenvalue weighted by Crippen LogP contribution is 2.14. The minimum atomic E-state index is 0.0138. The Morgan fingerprint density at radius 2 is 1.60 bits per heavy atom. The van der Waals surface area contributed by atoms with Gasteiger partial charge in [-0.25, -0.2) is 9.97 Å². The summed E-state index contributed by atoms with van der Waals surface area (Å²) in [6, 6.07) is 0. The van der Waals surface area contributed by atoms with Crippen molar-refractivity contribution in [3.05, 3.63) is 32.4 Å². The minimum absolute atomic E-state index is 0.0138. The number of ether oxygens (including phenoxy) is 4. The largest absolute Gasteiger partial charge is 0.353 e. The predicted octanol–water partition coefficient (Wildman–Crippen LogP) is 4.06. The molecular formula is C20H30I2N4O4. The second-order valence-electron chi connectivity index (χ2n) is 7.18. The molecule has 4 rings (SSSR count). The smallest absolute Gasteiger partial charge is 0.157 e. The van der Waals surface area contributed by atoms with Crippen molar-refractivity contribution in [1.29, 1.82) is 0 Å². The first kappa shape index (κ1) is 24.4. The fraction of sp³-hybridized carbons (Fsp3) is 0.700. The van der Waals surface area contributed by atoms with Crippen molar-refractivity contribution >= 4 is 45.2 Å². The van der Waals surface area contributed by atoms with E-state index in [0.29, 0.717) is 13.2 Å². The maximum Gasteiger partial charge on any atom is 0.157 e. The van der Waals surface area contributed by atoms with Crippen LogP contribution in [0.1, 0.15) is 38.5 Å². The summed E-state index contributed by atoms with van der Waals surface area (Å²) in [6.07, 6.45) is 14.4. The quantitative estimate of drug-likeness (QED) is 0.404. The molecule has 0 bridgehead atoms. The molecule has 2 aliphatic rings. The summed E-state index contributed by atoms with van der Waals surface area (Å²) in [4.78, 5) is 8.20. The standard InChI is InChI=1S/2C10H15IN2O2/c11-9-7-13(8-12-9)4-6-15-10-3-1-2-5-14-10;11-9-7-12-8-13(9)4-6-15-10-3-1-2-5-14-10/h2*7-8,10H,1-6H2. The van der Waals surface area contributed by atoms with Crippen LogP contribution in [0.4, 0.5) is 0 Å². The Morgan fingerprint density at radius 1 is 0.933 bits per heavy atom. The van der Waals surface area contributed by atoms with Gasteiger partial charge in [0.2, 0.25) is 0 Å². The molecule has 0 aromatic carbocycles. The summed E-state index contributed by atoms with van der Waals surface area (Å²) in [5, 5.41) is 0. The van der Waals surface area contributed by atoms with Gasteiger partial charge in [-0.15, -0.1) is 0 Å². The number of aromatic nitrogens is 4. The second kappa shape index (κ2) is 14.0. The first-order valence-corrected chi connectivity index (χ1v) is 12.7. The van der Waals surface area contributed by atoms with Crippen molar-refractivity contribution in [2.75, 3.05) is 26.4 Å². The van der Waals surface area contributed by atoms with E-state index >= 15 is 0 Å². The van der Waals surface area contributed by atoms with E-state index in [4.69, 9.17) is 18.9 Å². The Morgan fingerprint density at radius 3 is 2.10 bits per heavy atom. The molecule has 2 aliphatic heterocycles. The van der Waals surface area contributed by atoms with Crippen molar-refractivity contribution in [1.82, 2.24) is 19.1 Å². The van der Waals surface area contributed by atoms with E-state index in [1.165, 1.54) is 25.7 Å². The summed E-state index contributed by atoms with van der Waals surface area (Å²) in [7, 11) is 0. The Balaban J connectivity index is 0.000000171. The third-order valence-corrected chi connectivity index (χ3v) is 6.28. The number of hydrogen-bond donors (Lipinski definition) is 0. The molecule has 4 heterocycles. The van der Waals surface area contributed by atoms with Gasteiger partial charge in [-0.1, -0.05) is 0 Å². The molecule has 0 N–H and O–H groups in total. The summed E-state index contributed by atoms with van der Waals surface area (Å²) >= 11 is 4.46. The number of halogens is 2. The van der Waals surface area contributed by atoms with Gasteiger partial charge in [0.1, 0.15) is 3.70 Å². The molecule has 0 spiro atoms. The lowest BCUT2D eigenvalue weighted by Gasteiger charge is -2.22. The normalized spacial score (nSPS) is 21.8. The molecule has 0 amide bonds. The third-order valence-electron chi connectivity index (χ3n) is 4.83. The molecule has 0 radical (unpaired) electrons. The summed E-state index contributed by atoms with van der Waals surface area (Å²) in [6.45, 7) is 4.75. The zero-order valence-electron chi connectivity index (χ0n) is 17.1. The molecule has 2 unspecified atom stereocenters. The number of imidazole rings is 2. The maximum absolute atomic E-state index is 5.64. The van der Waals surface area contributed by atoms with Gasteiger partial charge in [0.25, 0.3) is 0 Å². The molecule has 10 heteroatoms. The average Bonchev–Trinajstić information content (AvgIpc) is 3.38.